The molecule has 0 saturated carbocycles. The molecule has 226 valence electrons. The van der Waals surface area contributed by atoms with E-state index in [9.17, 15) is 24.8 Å². The van der Waals surface area contributed by atoms with Gasteiger partial charge in [-0.1, -0.05) is 42.5 Å². The Morgan fingerprint density at radius 2 is 1.80 bits per heavy atom. The molecule has 4 N–H and O–H groups in total. The minimum atomic E-state index is -0.890. The van der Waals surface area contributed by atoms with Gasteiger partial charge < -0.3 is 15.3 Å². The number of phenols is 1. The molecule has 1 saturated heterocycles. The zero-order valence-corrected chi connectivity index (χ0v) is 24.0. The molecule has 1 aliphatic rings. The number of benzene rings is 3. The van der Waals surface area contributed by atoms with Crippen LogP contribution in [0.15, 0.2) is 72.9 Å². The number of phenolic OH excluding ortho intramolecular Hbond substituents is 1. The molecule has 1 aromatic heterocycles. The number of rotatable bonds is 8. The van der Waals surface area contributed by atoms with Crippen molar-refractivity contribution >= 4 is 17.8 Å². The van der Waals surface area contributed by atoms with Crippen molar-refractivity contribution in [2.75, 3.05) is 18.0 Å². The number of aromatic nitrogens is 1. The van der Waals surface area contributed by atoms with Gasteiger partial charge in [-0.15, -0.1) is 0 Å². The minimum Gasteiger partial charge on any atom is -0.505 e. The van der Waals surface area contributed by atoms with Crippen LogP contribution in [0.4, 0.5) is 14.6 Å². The molecule has 0 atom stereocenters. The average molecular weight is 607 g/mol. The number of hydroxylamine groups is 1. The first kappa shape index (κ1) is 30.8. The van der Waals surface area contributed by atoms with Crippen LogP contribution < -0.4 is 15.7 Å². The van der Waals surface area contributed by atoms with E-state index in [1.807, 2.05) is 29.2 Å². The third kappa shape index (κ3) is 6.81. The summed E-state index contributed by atoms with van der Waals surface area (Å²) in [4.78, 5) is 17.7. The van der Waals surface area contributed by atoms with Gasteiger partial charge in [-0.05, 0) is 53.8 Å². The van der Waals surface area contributed by atoms with Crippen LogP contribution >= 0.6 is 0 Å². The molecule has 4 aromatic rings. The van der Waals surface area contributed by atoms with Crippen LogP contribution in [-0.4, -0.2) is 40.3 Å². The Kier molecular flexibility index (Phi) is 9.44. The lowest BCUT2D eigenvalue weighted by atomic mass is 9.91. The highest BCUT2D eigenvalue weighted by molar-refractivity contribution is 5.91. The van der Waals surface area contributed by atoms with Gasteiger partial charge >= 0.3 is 0 Å². The molecule has 3 aromatic carbocycles. The number of carbonyl (C=O) groups excluding carboxylic acids is 1. The van der Waals surface area contributed by atoms with E-state index >= 15 is 4.39 Å². The number of amides is 1. The summed E-state index contributed by atoms with van der Waals surface area (Å²) >= 11 is 0. The topological polar surface area (TPSA) is 145 Å². The average Bonchev–Trinajstić information content (AvgIpc) is 3.07. The number of carbonyl (C=O) groups is 1. The Morgan fingerprint density at radius 3 is 2.47 bits per heavy atom. The highest BCUT2D eigenvalue weighted by atomic mass is 19.1. The van der Waals surface area contributed by atoms with Crippen LogP contribution in [0.5, 0.6) is 5.75 Å². The normalized spacial score (nSPS) is 13.4. The fourth-order valence-corrected chi connectivity index (χ4v) is 5.35. The summed E-state index contributed by atoms with van der Waals surface area (Å²) < 4.78 is 29.8. The second kappa shape index (κ2) is 13.8. The number of hydrogen-bond acceptors (Lipinski definition) is 8. The second-order valence-electron chi connectivity index (χ2n) is 10.5. The summed E-state index contributed by atoms with van der Waals surface area (Å²) in [5.74, 6) is -2.45. The van der Waals surface area contributed by atoms with Gasteiger partial charge in [0.25, 0.3) is 5.91 Å². The van der Waals surface area contributed by atoms with Gasteiger partial charge in [-0.3, -0.25) is 10.0 Å². The Labute approximate surface area is 258 Å². The number of hydrogen-bond donors (Lipinski definition) is 4. The summed E-state index contributed by atoms with van der Waals surface area (Å²) in [7, 11) is 0. The Morgan fingerprint density at radius 1 is 1.04 bits per heavy atom. The third-order valence-corrected chi connectivity index (χ3v) is 7.72. The predicted molar refractivity (Wildman–Crippen MR) is 164 cm³/mol. The monoisotopic (exact) mass is 606 g/mol. The van der Waals surface area contributed by atoms with Crippen molar-refractivity contribution < 1.29 is 23.9 Å². The lowest BCUT2D eigenvalue weighted by Crippen LogP contribution is -2.42. The number of halogens is 2. The number of aromatic hydroxyl groups is 1. The molecule has 0 bridgehead atoms. The molecule has 1 aliphatic heterocycles. The van der Waals surface area contributed by atoms with E-state index in [0.29, 0.717) is 25.5 Å². The third-order valence-electron chi connectivity index (χ3n) is 7.72. The lowest BCUT2D eigenvalue weighted by molar-refractivity contribution is -0.124. The standard InChI is InChI=1S/C34H28F2N6O3/c35-29-16-23(9-10-24(29)17-37)32-27(18-38)34(40-20-28(32)26-2-1-3-30(43)33(26)36)42-14-12-25(13-15-42)39-19-22-6-4-21(5-7-22)8-11-31(44)41-45/h1-11,16,20,25,39,43,45H,12-15,19H2,(H,41,44)/b11-8+. The van der Waals surface area contributed by atoms with Crippen LogP contribution in [0.1, 0.15) is 35.1 Å². The molecule has 0 spiro atoms. The van der Waals surface area contributed by atoms with E-state index in [2.05, 4.69) is 16.4 Å². The fourth-order valence-electron chi connectivity index (χ4n) is 5.35. The smallest absolute Gasteiger partial charge is 0.267 e. The summed E-state index contributed by atoms with van der Waals surface area (Å²) in [6.07, 6.45) is 5.77. The minimum absolute atomic E-state index is 0.00735. The zero-order valence-electron chi connectivity index (χ0n) is 24.0. The first-order chi connectivity index (χ1) is 21.8. The van der Waals surface area contributed by atoms with Crippen molar-refractivity contribution in [3.63, 3.8) is 0 Å². The van der Waals surface area contributed by atoms with Crippen LogP contribution in [-0.2, 0) is 11.3 Å². The van der Waals surface area contributed by atoms with Gasteiger partial charge in [0.2, 0.25) is 0 Å². The number of piperidine rings is 1. The van der Waals surface area contributed by atoms with Crippen LogP contribution in [0.3, 0.4) is 0 Å². The largest absolute Gasteiger partial charge is 0.505 e. The summed E-state index contributed by atoms with van der Waals surface area (Å²) in [5.41, 5.74) is 4.15. The maximum Gasteiger partial charge on any atom is 0.267 e. The number of nitriles is 2. The van der Waals surface area contributed by atoms with Crippen LogP contribution in [0.2, 0.25) is 0 Å². The molecular formula is C34H28F2N6O3. The quantitative estimate of drug-likeness (QED) is 0.118. The van der Waals surface area contributed by atoms with Crippen molar-refractivity contribution in [2.24, 2.45) is 0 Å². The van der Waals surface area contributed by atoms with E-state index in [4.69, 9.17) is 5.21 Å². The number of pyridine rings is 1. The molecule has 2 heterocycles. The fraction of sp³-hybridized carbons (Fsp3) is 0.176. The Bertz CT molecular complexity index is 1840. The van der Waals surface area contributed by atoms with Crippen LogP contribution in [0, 0.1) is 34.3 Å². The molecule has 9 nitrogen and oxygen atoms in total. The predicted octanol–water partition coefficient (Wildman–Crippen LogP) is 5.42. The zero-order chi connectivity index (χ0) is 31.9. The summed E-state index contributed by atoms with van der Waals surface area (Å²) in [6, 6.07) is 19.9. The molecule has 45 heavy (non-hydrogen) atoms. The van der Waals surface area contributed by atoms with E-state index in [0.717, 1.165) is 30.0 Å². The van der Waals surface area contributed by atoms with Crippen molar-refractivity contribution in [1.82, 2.24) is 15.8 Å². The van der Waals surface area contributed by atoms with Gasteiger partial charge in [0.05, 0.1) is 5.56 Å². The lowest BCUT2D eigenvalue weighted by Gasteiger charge is -2.34. The molecule has 0 radical (unpaired) electrons. The molecule has 11 heteroatoms. The maximum atomic E-state index is 15.1. The van der Waals surface area contributed by atoms with E-state index in [1.165, 1.54) is 42.6 Å². The maximum absolute atomic E-state index is 15.1. The molecule has 5 rings (SSSR count). The van der Waals surface area contributed by atoms with E-state index in [-0.39, 0.29) is 39.4 Å². The SMILES string of the molecule is N#Cc1ccc(-c2c(-c3cccc(O)c3F)cnc(N3CCC(NCc4ccc(/C=C/C(=O)NO)cc4)CC3)c2C#N)cc1F. The highest BCUT2D eigenvalue weighted by Gasteiger charge is 2.27. The van der Waals surface area contributed by atoms with Crippen LogP contribution in [0.25, 0.3) is 28.3 Å². The molecule has 1 fully saturated rings. The van der Waals surface area contributed by atoms with Gasteiger partial charge in [-0.25, -0.2) is 19.2 Å². The first-order valence-electron chi connectivity index (χ1n) is 14.1. The van der Waals surface area contributed by atoms with Crippen molar-refractivity contribution in [3.8, 4) is 40.1 Å². The van der Waals surface area contributed by atoms with E-state index in [1.54, 1.807) is 17.6 Å². The molecule has 0 aliphatic carbocycles. The Hall–Kier alpha value is -5.62. The molecule has 1 amide bonds. The van der Waals surface area contributed by atoms with Gasteiger partial charge in [0, 0.05) is 54.6 Å². The molecular weight excluding hydrogens is 578 g/mol. The van der Waals surface area contributed by atoms with E-state index < -0.39 is 23.3 Å². The van der Waals surface area contributed by atoms with Crippen molar-refractivity contribution in [1.29, 1.82) is 10.5 Å². The number of nitrogens with one attached hydrogen (secondary N) is 2. The first-order valence-corrected chi connectivity index (χ1v) is 14.1. The number of nitrogens with zero attached hydrogens (tertiary/aromatic N) is 4. The molecule has 0 unspecified atom stereocenters. The van der Waals surface area contributed by atoms with Gasteiger partial charge in [-0.2, -0.15) is 10.5 Å². The Balaban J connectivity index is 1.37. The van der Waals surface area contributed by atoms with Gasteiger partial charge in [0.1, 0.15) is 29.3 Å². The highest BCUT2D eigenvalue weighted by Crippen LogP contribution is 2.41. The summed E-state index contributed by atoms with van der Waals surface area (Å²) in [6.45, 7) is 1.79. The van der Waals surface area contributed by atoms with Crippen molar-refractivity contribution in [3.05, 3.63) is 107 Å². The van der Waals surface area contributed by atoms with Gasteiger partial charge in [0.15, 0.2) is 11.6 Å². The second-order valence-corrected chi connectivity index (χ2v) is 10.5. The number of anilines is 1. The van der Waals surface area contributed by atoms with Crippen molar-refractivity contribution in [2.45, 2.75) is 25.4 Å². The summed E-state index contributed by atoms with van der Waals surface area (Å²) in [5, 5.41) is 41.7.